The van der Waals surface area contributed by atoms with Crippen molar-refractivity contribution in [1.29, 1.82) is 0 Å². The van der Waals surface area contributed by atoms with Crippen LogP contribution in [-0.4, -0.2) is 73.2 Å². The highest BCUT2D eigenvalue weighted by molar-refractivity contribution is 5.35. The summed E-state index contributed by atoms with van der Waals surface area (Å²) in [6.07, 6.45) is 1.56. The number of nitrogens with zero attached hydrogens (tertiary/aromatic N) is 4. The molecule has 1 saturated heterocycles. The Morgan fingerprint density at radius 1 is 1.04 bits per heavy atom. The van der Waals surface area contributed by atoms with Crippen molar-refractivity contribution in [3.8, 4) is 5.75 Å². The van der Waals surface area contributed by atoms with Crippen molar-refractivity contribution in [3.05, 3.63) is 51.4 Å². The molecule has 1 fully saturated rings. The summed E-state index contributed by atoms with van der Waals surface area (Å²) in [5.41, 5.74) is 3.11. The van der Waals surface area contributed by atoms with Gasteiger partial charge in [0.15, 0.2) is 0 Å². The summed E-state index contributed by atoms with van der Waals surface area (Å²) in [7, 11) is 3.81. The van der Waals surface area contributed by atoms with Crippen molar-refractivity contribution in [2.45, 2.75) is 19.4 Å². The smallest absolute Gasteiger partial charge is 0.255 e. The molecular formula is C21H29N5O2. The van der Waals surface area contributed by atoms with Gasteiger partial charge < -0.3 is 14.5 Å². The predicted molar refractivity (Wildman–Crippen MR) is 110 cm³/mol. The molecule has 0 saturated carbocycles. The zero-order valence-electron chi connectivity index (χ0n) is 16.8. The van der Waals surface area contributed by atoms with E-state index in [9.17, 15) is 4.79 Å². The first kappa shape index (κ1) is 19.0. The van der Waals surface area contributed by atoms with Gasteiger partial charge in [-0.05, 0) is 31.2 Å². The van der Waals surface area contributed by atoms with Crippen LogP contribution in [0.2, 0.25) is 0 Å². The summed E-state index contributed by atoms with van der Waals surface area (Å²) < 4.78 is 5.23. The molecule has 2 aliphatic rings. The lowest BCUT2D eigenvalue weighted by molar-refractivity contribution is 0.278. The first-order chi connectivity index (χ1) is 13.6. The largest absolute Gasteiger partial charge is 0.497 e. The molecule has 0 atom stereocenters. The topological polar surface area (TPSA) is 64.7 Å². The van der Waals surface area contributed by atoms with Gasteiger partial charge in [-0.15, -0.1) is 0 Å². The number of hydrogen-bond acceptors (Lipinski definition) is 6. The van der Waals surface area contributed by atoms with E-state index < -0.39 is 0 Å². The van der Waals surface area contributed by atoms with E-state index in [1.807, 2.05) is 12.1 Å². The Morgan fingerprint density at radius 2 is 1.75 bits per heavy atom. The highest BCUT2D eigenvalue weighted by Crippen LogP contribution is 2.18. The molecule has 0 unspecified atom stereocenters. The third-order valence-corrected chi connectivity index (χ3v) is 5.80. The van der Waals surface area contributed by atoms with Crippen molar-refractivity contribution in [2.24, 2.45) is 0 Å². The third kappa shape index (κ3) is 4.20. The Hall–Kier alpha value is -2.38. The summed E-state index contributed by atoms with van der Waals surface area (Å²) in [6, 6.07) is 8.20. The van der Waals surface area contributed by atoms with E-state index in [2.05, 4.69) is 38.9 Å². The minimum atomic E-state index is 0.0326. The van der Waals surface area contributed by atoms with Crippen LogP contribution < -0.4 is 15.2 Å². The number of aromatic nitrogens is 2. The molecule has 150 valence electrons. The standard InChI is InChI=1S/C21H29N5O2/c1-24-11-13-26(14-12-24)21-22-19-8-10-25(9-7-18(19)20(27)23-21)15-16-3-5-17(28-2)6-4-16/h3-6H,7-15H2,1-2H3,(H,22,23,27). The van der Waals surface area contributed by atoms with Crippen LogP contribution in [0.1, 0.15) is 16.8 Å². The highest BCUT2D eigenvalue weighted by atomic mass is 16.5. The van der Waals surface area contributed by atoms with Crippen molar-refractivity contribution in [3.63, 3.8) is 0 Å². The van der Waals surface area contributed by atoms with Crippen molar-refractivity contribution < 1.29 is 4.74 Å². The Bertz CT molecular complexity index is 856. The molecule has 1 aromatic carbocycles. The fourth-order valence-electron chi connectivity index (χ4n) is 3.96. The van der Waals surface area contributed by atoms with Gasteiger partial charge in [-0.2, -0.15) is 0 Å². The normalized spacial score (nSPS) is 18.6. The van der Waals surface area contributed by atoms with E-state index in [4.69, 9.17) is 9.72 Å². The molecule has 7 nitrogen and oxygen atoms in total. The average molecular weight is 383 g/mol. The molecule has 2 aliphatic heterocycles. The summed E-state index contributed by atoms with van der Waals surface area (Å²) in [5, 5.41) is 0. The number of nitrogens with one attached hydrogen (secondary N) is 1. The van der Waals surface area contributed by atoms with Crippen LogP contribution in [0.3, 0.4) is 0 Å². The predicted octanol–water partition coefficient (Wildman–Crippen LogP) is 1.13. The minimum Gasteiger partial charge on any atom is -0.497 e. The maximum atomic E-state index is 12.7. The maximum absolute atomic E-state index is 12.7. The third-order valence-electron chi connectivity index (χ3n) is 5.80. The van der Waals surface area contributed by atoms with Crippen LogP contribution in [0, 0.1) is 0 Å². The van der Waals surface area contributed by atoms with Crippen LogP contribution in [0.15, 0.2) is 29.1 Å². The number of methoxy groups -OCH3 is 1. The number of piperazine rings is 1. The fourth-order valence-corrected chi connectivity index (χ4v) is 3.96. The number of hydrogen-bond donors (Lipinski definition) is 1. The SMILES string of the molecule is COc1ccc(CN2CCc3nc(N4CCN(C)CC4)[nH]c(=O)c3CC2)cc1. The molecule has 0 aliphatic carbocycles. The number of ether oxygens (including phenoxy) is 1. The first-order valence-electron chi connectivity index (χ1n) is 10.0. The van der Waals surface area contributed by atoms with E-state index in [1.54, 1.807) is 7.11 Å². The van der Waals surface area contributed by atoms with Gasteiger partial charge >= 0.3 is 0 Å². The zero-order chi connectivity index (χ0) is 19.5. The van der Waals surface area contributed by atoms with E-state index >= 15 is 0 Å². The molecule has 28 heavy (non-hydrogen) atoms. The zero-order valence-corrected chi connectivity index (χ0v) is 16.8. The minimum absolute atomic E-state index is 0.0326. The highest BCUT2D eigenvalue weighted by Gasteiger charge is 2.22. The van der Waals surface area contributed by atoms with Gasteiger partial charge in [0.2, 0.25) is 5.95 Å². The monoisotopic (exact) mass is 383 g/mol. The molecule has 0 bridgehead atoms. The second kappa shape index (κ2) is 8.32. The number of aromatic amines is 1. The van der Waals surface area contributed by atoms with Crippen LogP contribution in [0.5, 0.6) is 5.75 Å². The summed E-state index contributed by atoms with van der Waals surface area (Å²) >= 11 is 0. The Labute approximate surface area is 165 Å². The quantitative estimate of drug-likeness (QED) is 0.854. The van der Waals surface area contributed by atoms with Gasteiger partial charge in [0.1, 0.15) is 5.75 Å². The Balaban J connectivity index is 1.45. The molecule has 1 N–H and O–H groups in total. The number of rotatable bonds is 4. The number of fused-ring (bicyclic) bond motifs is 1. The fraction of sp³-hybridized carbons (Fsp3) is 0.524. The Kier molecular flexibility index (Phi) is 5.64. The lowest BCUT2D eigenvalue weighted by Gasteiger charge is -2.32. The van der Waals surface area contributed by atoms with E-state index in [1.165, 1.54) is 5.56 Å². The van der Waals surface area contributed by atoms with E-state index in [-0.39, 0.29) is 5.56 Å². The lowest BCUT2D eigenvalue weighted by Crippen LogP contribution is -2.45. The molecule has 4 rings (SSSR count). The number of likely N-dealkylation sites (N-methyl/N-ethyl adjacent to an activating group) is 1. The number of benzene rings is 1. The van der Waals surface area contributed by atoms with Crippen LogP contribution >= 0.6 is 0 Å². The number of H-pyrrole nitrogens is 1. The van der Waals surface area contributed by atoms with Crippen LogP contribution in [0.4, 0.5) is 5.95 Å². The molecule has 3 heterocycles. The van der Waals surface area contributed by atoms with E-state index in [0.29, 0.717) is 0 Å². The van der Waals surface area contributed by atoms with Gasteiger partial charge in [-0.3, -0.25) is 14.7 Å². The summed E-state index contributed by atoms with van der Waals surface area (Å²) in [4.78, 5) is 27.5. The van der Waals surface area contributed by atoms with Crippen molar-refractivity contribution in [2.75, 3.05) is 58.3 Å². The van der Waals surface area contributed by atoms with E-state index in [0.717, 1.165) is 81.6 Å². The summed E-state index contributed by atoms with van der Waals surface area (Å²) in [6.45, 7) is 6.47. The number of anilines is 1. The lowest BCUT2D eigenvalue weighted by atomic mass is 10.1. The van der Waals surface area contributed by atoms with Gasteiger partial charge in [0, 0.05) is 57.8 Å². The molecule has 0 amide bonds. The summed E-state index contributed by atoms with van der Waals surface area (Å²) in [5.74, 6) is 1.61. The van der Waals surface area contributed by atoms with Crippen LogP contribution in [0.25, 0.3) is 0 Å². The van der Waals surface area contributed by atoms with Gasteiger partial charge in [-0.25, -0.2) is 4.98 Å². The van der Waals surface area contributed by atoms with Gasteiger partial charge in [-0.1, -0.05) is 12.1 Å². The molecule has 0 radical (unpaired) electrons. The second-order valence-corrected chi connectivity index (χ2v) is 7.73. The molecule has 2 aromatic rings. The molecule has 1 aromatic heterocycles. The van der Waals surface area contributed by atoms with Gasteiger partial charge in [0.05, 0.1) is 12.8 Å². The molecular weight excluding hydrogens is 354 g/mol. The average Bonchev–Trinajstić information content (AvgIpc) is 2.92. The maximum Gasteiger partial charge on any atom is 0.255 e. The molecule has 7 heteroatoms. The second-order valence-electron chi connectivity index (χ2n) is 7.73. The van der Waals surface area contributed by atoms with Crippen LogP contribution in [-0.2, 0) is 19.4 Å². The Morgan fingerprint density at radius 3 is 2.46 bits per heavy atom. The van der Waals surface area contributed by atoms with Crippen molar-refractivity contribution in [1.82, 2.24) is 19.8 Å². The molecule has 0 spiro atoms. The van der Waals surface area contributed by atoms with Crippen molar-refractivity contribution >= 4 is 5.95 Å². The van der Waals surface area contributed by atoms with Gasteiger partial charge in [0.25, 0.3) is 5.56 Å². The first-order valence-corrected chi connectivity index (χ1v) is 10.0.